The lowest BCUT2D eigenvalue weighted by molar-refractivity contribution is -0.102. The Labute approximate surface area is 73.7 Å². The fraction of sp³-hybridized carbons (Fsp3) is 0. The maximum Gasteiger partial charge on any atom is 0.161 e. The molecule has 0 aliphatic rings. The lowest BCUT2D eigenvalue weighted by atomic mass is 10.3. The number of hydrogen-bond donors (Lipinski definition) is 0. The zero-order valence-corrected chi connectivity index (χ0v) is 6.75. The first-order valence-electron chi connectivity index (χ1n) is 3.17. The Bertz CT molecular complexity index is 325. The van der Waals surface area contributed by atoms with Crippen molar-refractivity contribution in [2.75, 3.05) is 0 Å². The third-order valence-electron chi connectivity index (χ3n) is 1.18. The highest BCUT2D eigenvalue weighted by molar-refractivity contribution is 6.30. The monoisotopic (exact) mass is 185 g/mol. The van der Waals surface area contributed by atoms with Crippen LogP contribution in [0.1, 0.15) is 0 Å². The molecule has 0 aliphatic heterocycles. The van der Waals surface area contributed by atoms with Crippen molar-refractivity contribution in [1.82, 2.24) is 0 Å². The molecule has 0 fully saturated rings. The second kappa shape index (κ2) is 3.97. The summed E-state index contributed by atoms with van der Waals surface area (Å²) in [5.74, 6) is -0.541. The van der Waals surface area contributed by atoms with Crippen LogP contribution >= 0.6 is 11.6 Å². The van der Waals surface area contributed by atoms with Crippen LogP contribution < -0.4 is 0 Å². The molecule has 0 aliphatic carbocycles. The van der Waals surface area contributed by atoms with E-state index in [1.54, 1.807) is 0 Å². The van der Waals surface area contributed by atoms with Gasteiger partial charge >= 0.3 is 0 Å². The molecule has 0 bridgehead atoms. The number of carbonyl (C=O) groups is 1. The van der Waals surface area contributed by atoms with Crippen LogP contribution in [0.3, 0.4) is 0 Å². The molecular weight excluding hydrogens is 181 g/mol. The molecule has 0 saturated carbocycles. The second-order valence-corrected chi connectivity index (χ2v) is 2.45. The summed E-state index contributed by atoms with van der Waals surface area (Å²) in [6.07, 6.45) is 1.46. The minimum Gasteiger partial charge on any atom is -0.297 e. The van der Waals surface area contributed by atoms with Gasteiger partial charge in [0.2, 0.25) is 0 Å². The molecule has 0 radical (unpaired) electrons. The van der Waals surface area contributed by atoms with Gasteiger partial charge in [-0.1, -0.05) is 11.6 Å². The van der Waals surface area contributed by atoms with Crippen LogP contribution in [0.5, 0.6) is 0 Å². The predicted octanol–water partition coefficient (Wildman–Crippen LogP) is 2.38. The number of benzene rings is 1. The van der Waals surface area contributed by atoms with Gasteiger partial charge in [0.15, 0.2) is 6.29 Å². The normalized spacial score (nSPS) is 10.5. The van der Waals surface area contributed by atoms with Gasteiger partial charge in [-0.2, -0.15) is 0 Å². The molecule has 0 aromatic heterocycles. The summed E-state index contributed by atoms with van der Waals surface area (Å²) in [4.78, 5) is 13.4. The molecule has 1 rings (SSSR count). The molecule has 0 saturated heterocycles. The fourth-order valence-electron chi connectivity index (χ4n) is 0.697. The standard InChI is InChI=1S/C8H5ClFNO/c9-6-1-2-8(7(10)5-6)11-3-4-12/h1-5H. The first kappa shape index (κ1) is 8.87. The van der Waals surface area contributed by atoms with Crippen LogP contribution in [0.25, 0.3) is 0 Å². The van der Waals surface area contributed by atoms with E-state index in [4.69, 9.17) is 11.6 Å². The Kier molecular flexibility index (Phi) is 2.94. The van der Waals surface area contributed by atoms with Crippen molar-refractivity contribution in [2.24, 2.45) is 4.99 Å². The minimum absolute atomic E-state index is 0.103. The maximum absolute atomic E-state index is 12.9. The largest absolute Gasteiger partial charge is 0.297 e. The lowest BCUT2D eigenvalue weighted by Crippen LogP contribution is -1.77. The smallest absolute Gasteiger partial charge is 0.161 e. The molecule has 2 nitrogen and oxygen atoms in total. The Morgan fingerprint density at radius 1 is 1.50 bits per heavy atom. The fourth-order valence-corrected chi connectivity index (χ4v) is 0.855. The van der Waals surface area contributed by atoms with E-state index in [-0.39, 0.29) is 5.69 Å². The molecule has 1 aromatic rings. The number of carbonyl (C=O) groups excluding carboxylic acids is 1. The molecule has 0 heterocycles. The molecule has 4 heteroatoms. The molecule has 0 N–H and O–H groups in total. The SMILES string of the molecule is O=CC=Nc1ccc(Cl)cc1F. The molecule has 0 unspecified atom stereocenters. The number of aldehydes is 1. The van der Waals surface area contributed by atoms with Crippen LogP contribution in [0.15, 0.2) is 23.2 Å². The Morgan fingerprint density at radius 3 is 2.83 bits per heavy atom. The zero-order valence-electron chi connectivity index (χ0n) is 6.00. The number of hydrogen-bond acceptors (Lipinski definition) is 2. The number of aliphatic imine (C=N–C) groups is 1. The zero-order chi connectivity index (χ0) is 8.97. The van der Waals surface area contributed by atoms with E-state index in [0.29, 0.717) is 11.3 Å². The Balaban J connectivity index is 3.01. The van der Waals surface area contributed by atoms with Gasteiger partial charge < -0.3 is 0 Å². The van der Waals surface area contributed by atoms with Gasteiger partial charge in [0, 0.05) is 5.02 Å². The van der Waals surface area contributed by atoms with Crippen LogP contribution in [0.2, 0.25) is 5.02 Å². The van der Waals surface area contributed by atoms with Crippen molar-refractivity contribution in [1.29, 1.82) is 0 Å². The van der Waals surface area contributed by atoms with Crippen molar-refractivity contribution in [2.45, 2.75) is 0 Å². The van der Waals surface area contributed by atoms with E-state index in [9.17, 15) is 9.18 Å². The summed E-state index contributed by atoms with van der Waals surface area (Å²) >= 11 is 5.49. The summed E-state index contributed by atoms with van der Waals surface area (Å²) in [6, 6.07) is 4.04. The van der Waals surface area contributed by atoms with Crippen molar-refractivity contribution < 1.29 is 9.18 Å². The van der Waals surface area contributed by atoms with E-state index in [1.165, 1.54) is 12.1 Å². The molecule has 1 aromatic carbocycles. The highest BCUT2D eigenvalue weighted by Gasteiger charge is 1.99. The maximum atomic E-state index is 12.9. The van der Waals surface area contributed by atoms with Gasteiger partial charge in [0.25, 0.3) is 0 Å². The summed E-state index contributed by atoms with van der Waals surface area (Å²) in [5.41, 5.74) is 0.103. The average molecular weight is 186 g/mol. The summed E-state index contributed by atoms with van der Waals surface area (Å²) < 4.78 is 12.9. The van der Waals surface area contributed by atoms with E-state index < -0.39 is 5.82 Å². The molecule has 0 spiro atoms. The van der Waals surface area contributed by atoms with Crippen molar-refractivity contribution in [3.8, 4) is 0 Å². The van der Waals surface area contributed by atoms with Crippen molar-refractivity contribution in [3.05, 3.63) is 29.0 Å². The van der Waals surface area contributed by atoms with Gasteiger partial charge in [-0.05, 0) is 18.2 Å². The van der Waals surface area contributed by atoms with Gasteiger partial charge in [-0.3, -0.25) is 9.79 Å². The summed E-state index contributed by atoms with van der Waals surface area (Å²) in [7, 11) is 0. The third-order valence-corrected chi connectivity index (χ3v) is 1.42. The van der Waals surface area contributed by atoms with Gasteiger partial charge in [0.05, 0.1) is 11.9 Å². The van der Waals surface area contributed by atoms with Crippen molar-refractivity contribution in [3.63, 3.8) is 0 Å². The average Bonchev–Trinajstić information content (AvgIpc) is 2.03. The molecule has 62 valence electrons. The van der Waals surface area contributed by atoms with Gasteiger partial charge in [-0.25, -0.2) is 4.39 Å². The Morgan fingerprint density at radius 2 is 2.25 bits per heavy atom. The van der Waals surface area contributed by atoms with E-state index in [2.05, 4.69) is 4.99 Å². The summed E-state index contributed by atoms with van der Waals surface area (Å²) in [5, 5.41) is 0.303. The molecule has 0 amide bonds. The lowest BCUT2D eigenvalue weighted by Gasteiger charge is -1.94. The molecule has 0 atom stereocenters. The van der Waals surface area contributed by atoms with Gasteiger partial charge in [-0.15, -0.1) is 0 Å². The quantitative estimate of drug-likeness (QED) is 0.514. The van der Waals surface area contributed by atoms with Crippen LogP contribution in [-0.4, -0.2) is 12.5 Å². The first-order chi connectivity index (χ1) is 5.74. The predicted molar refractivity (Wildman–Crippen MR) is 45.6 cm³/mol. The van der Waals surface area contributed by atoms with Crippen LogP contribution in [0, 0.1) is 5.82 Å². The molecule has 12 heavy (non-hydrogen) atoms. The first-order valence-corrected chi connectivity index (χ1v) is 3.54. The van der Waals surface area contributed by atoms with Crippen molar-refractivity contribution >= 4 is 29.8 Å². The van der Waals surface area contributed by atoms with Crippen LogP contribution in [0.4, 0.5) is 10.1 Å². The topological polar surface area (TPSA) is 29.4 Å². The third kappa shape index (κ3) is 2.13. The highest BCUT2D eigenvalue weighted by Crippen LogP contribution is 2.20. The summed E-state index contributed by atoms with van der Waals surface area (Å²) in [6.45, 7) is 0. The Hall–Kier alpha value is -1.22. The minimum atomic E-state index is -0.541. The number of nitrogens with zero attached hydrogens (tertiary/aromatic N) is 1. The van der Waals surface area contributed by atoms with E-state index >= 15 is 0 Å². The van der Waals surface area contributed by atoms with Gasteiger partial charge in [0.1, 0.15) is 5.82 Å². The highest BCUT2D eigenvalue weighted by atomic mass is 35.5. The van der Waals surface area contributed by atoms with E-state index in [1.807, 2.05) is 0 Å². The molecular formula is C8H5ClFNO. The van der Waals surface area contributed by atoms with Crippen LogP contribution in [-0.2, 0) is 4.79 Å². The number of halogens is 2. The van der Waals surface area contributed by atoms with E-state index in [0.717, 1.165) is 12.3 Å². The number of rotatable bonds is 2. The second-order valence-electron chi connectivity index (χ2n) is 2.01.